The summed E-state index contributed by atoms with van der Waals surface area (Å²) in [6.45, 7) is 7.77. The number of carbonyl (C=O) groups is 3. The van der Waals surface area contributed by atoms with Gasteiger partial charge in [0.15, 0.2) is 0 Å². The molecule has 2 aromatic carbocycles. The fourth-order valence-corrected chi connectivity index (χ4v) is 6.13. The van der Waals surface area contributed by atoms with E-state index in [1.807, 2.05) is 93.7 Å². The zero-order valence-corrected chi connectivity index (χ0v) is 29.8. The van der Waals surface area contributed by atoms with Crippen molar-refractivity contribution in [2.24, 2.45) is 5.92 Å². The van der Waals surface area contributed by atoms with E-state index in [0.29, 0.717) is 18.5 Å². The summed E-state index contributed by atoms with van der Waals surface area (Å²) in [6.07, 6.45) is 1.62. The van der Waals surface area contributed by atoms with E-state index in [-0.39, 0.29) is 31.5 Å². The van der Waals surface area contributed by atoms with E-state index in [1.54, 1.807) is 24.5 Å². The molecule has 0 bridgehead atoms. The first-order chi connectivity index (χ1) is 24.1. The maximum Gasteiger partial charge on any atom is 0.408 e. The van der Waals surface area contributed by atoms with Crippen LogP contribution in [0, 0.1) is 5.92 Å². The second-order valence-corrected chi connectivity index (χ2v) is 13.7. The van der Waals surface area contributed by atoms with E-state index in [9.17, 15) is 19.5 Å². The first kappa shape index (κ1) is 38.0. The molecule has 4 N–H and O–H groups in total. The molecule has 0 radical (unpaired) electrons. The number of nitrogens with zero attached hydrogens (tertiary/aromatic N) is 2. The lowest BCUT2D eigenvalue weighted by Gasteiger charge is -2.30. The number of hydrogen-bond acceptors (Lipinski definition) is 9. The van der Waals surface area contributed by atoms with Crippen LogP contribution in [0.5, 0.6) is 0 Å². The van der Waals surface area contributed by atoms with Gasteiger partial charge in [-0.3, -0.25) is 9.78 Å². The Morgan fingerprint density at radius 2 is 1.40 bits per heavy atom. The number of ether oxygens (including phenoxy) is 2. The third-order valence-corrected chi connectivity index (χ3v) is 9.19. The number of benzene rings is 2. The maximum absolute atomic E-state index is 13.7. The average molecular weight is 702 g/mol. The van der Waals surface area contributed by atoms with Crippen LogP contribution in [0.4, 0.5) is 9.59 Å². The van der Waals surface area contributed by atoms with Gasteiger partial charge in [-0.15, -0.1) is 11.3 Å². The van der Waals surface area contributed by atoms with Crippen molar-refractivity contribution in [2.75, 3.05) is 0 Å². The highest BCUT2D eigenvalue weighted by atomic mass is 32.1. The maximum atomic E-state index is 13.7. The van der Waals surface area contributed by atoms with Gasteiger partial charge in [0.1, 0.15) is 19.3 Å². The molecule has 266 valence electrons. The molecule has 50 heavy (non-hydrogen) atoms. The van der Waals surface area contributed by atoms with Crippen LogP contribution in [-0.2, 0) is 40.3 Å². The van der Waals surface area contributed by atoms with Crippen molar-refractivity contribution in [3.8, 4) is 0 Å². The van der Waals surface area contributed by atoms with Gasteiger partial charge in [-0.2, -0.15) is 0 Å². The number of pyridine rings is 1. The third-order valence-electron chi connectivity index (χ3n) is 7.99. The van der Waals surface area contributed by atoms with Crippen LogP contribution < -0.4 is 16.0 Å². The number of aromatic nitrogens is 2. The first-order valence-electron chi connectivity index (χ1n) is 16.8. The molecule has 0 unspecified atom stereocenters. The second-order valence-electron chi connectivity index (χ2n) is 12.9. The predicted molar refractivity (Wildman–Crippen MR) is 192 cm³/mol. The van der Waals surface area contributed by atoms with Crippen LogP contribution >= 0.6 is 11.3 Å². The van der Waals surface area contributed by atoms with Gasteiger partial charge in [-0.05, 0) is 42.4 Å². The molecule has 11 nitrogen and oxygen atoms in total. The molecule has 3 amide bonds. The minimum atomic E-state index is -1.07. The molecule has 4 rings (SSSR count). The van der Waals surface area contributed by atoms with Crippen LogP contribution in [0.1, 0.15) is 67.4 Å². The molecule has 0 aliphatic heterocycles. The van der Waals surface area contributed by atoms with Gasteiger partial charge in [0.25, 0.3) is 0 Å². The van der Waals surface area contributed by atoms with Crippen molar-refractivity contribution in [3.63, 3.8) is 0 Å². The summed E-state index contributed by atoms with van der Waals surface area (Å²) in [7, 11) is 0. The van der Waals surface area contributed by atoms with Gasteiger partial charge in [0.2, 0.25) is 5.91 Å². The van der Waals surface area contributed by atoms with E-state index in [2.05, 4.69) is 25.9 Å². The first-order valence-corrected chi connectivity index (χ1v) is 17.7. The normalized spacial score (nSPS) is 13.6. The number of amides is 3. The number of aliphatic hydroxyl groups excluding tert-OH is 1. The summed E-state index contributed by atoms with van der Waals surface area (Å²) in [5.41, 5.74) is 3.24. The summed E-state index contributed by atoms with van der Waals surface area (Å²) < 4.78 is 10.8. The summed E-state index contributed by atoms with van der Waals surface area (Å²) in [4.78, 5) is 48.0. The van der Waals surface area contributed by atoms with Gasteiger partial charge >= 0.3 is 12.2 Å². The van der Waals surface area contributed by atoms with Crippen LogP contribution in [0.25, 0.3) is 0 Å². The Kier molecular flexibility index (Phi) is 14.7. The van der Waals surface area contributed by atoms with E-state index in [0.717, 1.165) is 21.7 Å². The minimum absolute atomic E-state index is 0.00914. The molecule has 0 saturated heterocycles. The summed E-state index contributed by atoms with van der Waals surface area (Å²) in [5.74, 6) is -0.405. The lowest BCUT2D eigenvalue weighted by molar-refractivity contribution is -0.125. The molecule has 4 aromatic rings. The molecule has 2 heterocycles. The van der Waals surface area contributed by atoms with E-state index < -0.39 is 42.3 Å². The number of aliphatic hydroxyl groups is 1. The highest BCUT2D eigenvalue weighted by Gasteiger charge is 2.30. The summed E-state index contributed by atoms with van der Waals surface area (Å²) in [5, 5.41) is 23.1. The molecule has 12 heteroatoms. The predicted octanol–water partition coefficient (Wildman–Crippen LogP) is 5.93. The molecular weight excluding hydrogens is 655 g/mol. The Bertz CT molecular complexity index is 1620. The number of alkyl carbamates (subject to hydrolysis) is 2. The van der Waals surface area contributed by atoms with Gasteiger partial charge < -0.3 is 30.5 Å². The Balaban J connectivity index is 1.45. The average Bonchev–Trinajstić information content (AvgIpc) is 3.59. The molecular formula is C38H47N5O6S. The van der Waals surface area contributed by atoms with Crippen LogP contribution in [-0.4, -0.2) is 57.4 Å². The Morgan fingerprint density at radius 3 is 2.00 bits per heavy atom. The van der Waals surface area contributed by atoms with Crippen molar-refractivity contribution in [1.29, 1.82) is 0 Å². The minimum Gasteiger partial charge on any atom is -0.445 e. The molecule has 0 spiro atoms. The zero-order chi connectivity index (χ0) is 35.9. The molecule has 4 atom stereocenters. The summed E-state index contributed by atoms with van der Waals surface area (Å²) >= 11 is 1.51. The van der Waals surface area contributed by atoms with Gasteiger partial charge in [-0.1, -0.05) is 94.4 Å². The standard InChI is InChI=1S/C38H47N5O6S/c1-25(2)34(43-38(47)49-23-31-24-50-36(41-31)26(3)4)35(45)40-30(18-27-12-7-5-8-13-27)20-33(44)32(19-28-14-9-6-10-15-28)42-37(46)48-22-29-16-11-17-39-21-29/h5-17,21,24-26,30,32-34,44H,18-20,22-23H2,1-4H3,(H,40,45)(H,42,46)(H,43,47)/t30-,32-,33-,34-/m0/s1. The SMILES string of the molecule is CC(C)c1nc(COC(=O)N[C@H](C(=O)N[C@@H](Cc2ccccc2)C[C@H](O)[C@H](Cc2ccccc2)NC(=O)OCc2cccnc2)C(C)C)cs1. The number of hydrogen-bond donors (Lipinski definition) is 4. The highest BCUT2D eigenvalue weighted by molar-refractivity contribution is 7.09. The van der Waals surface area contributed by atoms with Crippen molar-refractivity contribution >= 4 is 29.4 Å². The van der Waals surface area contributed by atoms with Gasteiger partial charge in [0, 0.05) is 35.3 Å². The molecule has 0 aliphatic rings. The molecule has 0 fully saturated rings. The van der Waals surface area contributed by atoms with Crippen molar-refractivity contribution in [1.82, 2.24) is 25.9 Å². The van der Waals surface area contributed by atoms with Crippen molar-refractivity contribution in [2.45, 2.75) is 90.3 Å². The van der Waals surface area contributed by atoms with Crippen LogP contribution in [0.3, 0.4) is 0 Å². The number of carbonyl (C=O) groups excluding carboxylic acids is 3. The monoisotopic (exact) mass is 701 g/mol. The lowest BCUT2D eigenvalue weighted by atomic mass is 9.93. The molecule has 2 aromatic heterocycles. The van der Waals surface area contributed by atoms with Crippen LogP contribution in [0.2, 0.25) is 0 Å². The van der Waals surface area contributed by atoms with Gasteiger partial charge in [0.05, 0.1) is 22.8 Å². The largest absolute Gasteiger partial charge is 0.445 e. The molecule has 0 aliphatic carbocycles. The van der Waals surface area contributed by atoms with Gasteiger partial charge in [-0.25, -0.2) is 14.6 Å². The Morgan fingerprint density at radius 1 is 0.780 bits per heavy atom. The van der Waals surface area contributed by atoms with Crippen molar-refractivity contribution < 1.29 is 29.0 Å². The topological polar surface area (TPSA) is 152 Å². The van der Waals surface area contributed by atoms with Crippen molar-refractivity contribution in [3.05, 3.63) is 118 Å². The van der Waals surface area contributed by atoms with E-state index in [4.69, 9.17) is 9.47 Å². The fraction of sp³-hybridized carbons (Fsp3) is 0.395. The Hall–Kier alpha value is -4.81. The third kappa shape index (κ3) is 12.6. The quantitative estimate of drug-likeness (QED) is 0.106. The Labute approximate surface area is 297 Å². The number of nitrogens with one attached hydrogen (secondary N) is 3. The zero-order valence-electron chi connectivity index (χ0n) is 29.0. The molecule has 0 saturated carbocycles. The smallest absolute Gasteiger partial charge is 0.408 e. The number of thiazole rings is 1. The summed E-state index contributed by atoms with van der Waals surface area (Å²) in [6, 6.07) is 20.5. The fourth-order valence-electron chi connectivity index (χ4n) is 5.31. The van der Waals surface area contributed by atoms with E-state index in [1.165, 1.54) is 11.3 Å². The highest BCUT2D eigenvalue weighted by Crippen LogP contribution is 2.20. The van der Waals surface area contributed by atoms with E-state index >= 15 is 0 Å². The second kappa shape index (κ2) is 19.4. The number of rotatable bonds is 17. The lowest BCUT2D eigenvalue weighted by Crippen LogP contribution is -2.54. The van der Waals surface area contributed by atoms with Crippen LogP contribution in [0.15, 0.2) is 90.6 Å².